The highest BCUT2D eigenvalue weighted by Gasteiger charge is 2.32. The summed E-state index contributed by atoms with van der Waals surface area (Å²) in [6, 6.07) is 4.68. The number of benzene rings is 1. The molecule has 0 amide bonds. The molecule has 24 heavy (non-hydrogen) atoms. The molecule has 0 spiro atoms. The second kappa shape index (κ2) is 9.01. The van der Waals surface area contributed by atoms with Crippen LogP contribution in [0.25, 0.3) is 0 Å². The van der Waals surface area contributed by atoms with E-state index in [1.807, 2.05) is 7.05 Å². The van der Waals surface area contributed by atoms with Crippen molar-refractivity contribution >= 4 is 21.6 Å². The third-order valence-corrected chi connectivity index (χ3v) is 6.16. The van der Waals surface area contributed by atoms with Gasteiger partial charge in [0.1, 0.15) is 17.3 Å². The van der Waals surface area contributed by atoms with E-state index in [-0.39, 0.29) is 11.5 Å². The number of ether oxygens (including phenoxy) is 2. The van der Waals surface area contributed by atoms with Crippen LogP contribution in [0.5, 0.6) is 5.75 Å². The van der Waals surface area contributed by atoms with Gasteiger partial charge in [0.25, 0.3) is 0 Å². The van der Waals surface area contributed by atoms with E-state index < -0.39 is 10.0 Å². The van der Waals surface area contributed by atoms with E-state index in [2.05, 4.69) is 5.32 Å². The molecule has 0 aromatic heterocycles. The van der Waals surface area contributed by atoms with Crippen molar-refractivity contribution in [2.45, 2.75) is 17.7 Å². The third kappa shape index (κ3) is 4.83. The van der Waals surface area contributed by atoms with Gasteiger partial charge in [0, 0.05) is 25.2 Å². The summed E-state index contributed by atoms with van der Waals surface area (Å²) in [6.45, 7) is 2.50. The van der Waals surface area contributed by atoms with Crippen LogP contribution in [0, 0.1) is 5.92 Å². The van der Waals surface area contributed by atoms with E-state index in [1.54, 1.807) is 19.2 Å². The molecular weight excluding hydrogens is 352 g/mol. The maximum atomic E-state index is 13.1. The highest BCUT2D eigenvalue weighted by molar-refractivity contribution is 7.89. The number of nitrogens with one attached hydrogen (secondary N) is 1. The number of piperidine rings is 1. The lowest BCUT2D eigenvalue weighted by Gasteiger charge is -2.32. The van der Waals surface area contributed by atoms with Crippen molar-refractivity contribution in [2.75, 3.05) is 47.0 Å². The Bertz CT molecular complexity index is 637. The van der Waals surface area contributed by atoms with Crippen LogP contribution in [0.15, 0.2) is 23.1 Å². The topological polar surface area (TPSA) is 67.9 Å². The Morgan fingerprint density at radius 1 is 1.38 bits per heavy atom. The van der Waals surface area contributed by atoms with E-state index in [0.717, 1.165) is 19.4 Å². The maximum Gasteiger partial charge on any atom is 0.246 e. The highest BCUT2D eigenvalue weighted by Crippen LogP contribution is 2.32. The molecule has 2 rings (SSSR count). The van der Waals surface area contributed by atoms with Gasteiger partial charge in [-0.1, -0.05) is 11.6 Å². The summed E-state index contributed by atoms with van der Waals surface area (Å²) in [6.07, 6.45) is 1.88. The lowest BCUT2D eigenvalue weighted by atomic mass is 10.00. The zero-order valence-corrected chi connectivity index (χ0v) is 15.7. The number of nitrogens with zero attached hydrogens (tertiary/aromatic N) is 1. The summed E-state index contributed by atoms with van der Waals surface area (Å²) < 4.78 is 38.2. The molecule has 0 bridgehead atoms. The summed E-state index contributed by atoms with van der Waals surface area (Å²) in [5.74, 6) is 0.628. The molecule has 1 aliphatic rings. The fraction of sp³-hybridized carbons (Fsp3) is 0.625. The van der Waals surface area contributed by atoms with Gasteiger partial charge in [-0.2, -0.15) is 4.31 Å². The summed E-state index contributed by atoms with van der Waals surface area (Å²) in [4.78, 5) is 0.121. The summed E-state index contributed by atoms with van der Waals surface area (Å²) >= 11 is 6.03. The second-order valence-electron chi connectivity index (χ2n) is 5.86. The first-order chi connectivity index (χ1) is 11.5. The molecule has 0 aliphatic carbocycles. The zero-order chi connectivity index (χ0) is 17.6. The Kier molecular flexibility index (Phi) is 7.31. The molecule has 1 aromatic carbocycles. The average molecular weight is 377 g/mol. The molecule has 1 aromatic rings. The van der Waals surface area contributed by atoms with Gasteiger partial charge in [0.15, 0.2) is 0 Å². The Morgan fingerprint density at radius 2 is 2.17 bits per heavy atom. The van der Waals surface area contributed by atoms with Crippen molar-refractivity contribution in [1.29, 1.82) is 0 Å². The lowest BCUT2D eigenvalue weighted by Crippen LogP contribution is -2.42. The molecule has 1 atom stereocenters. The fourth-order valence-electron chi connectivity index (χ4n) is 2.88. The zero-order valence-electron chi connectivity index (χ0n) is 14.1. The molecule has 0 radical (unpaired) electrons. The van der Waals surface area contributed by atoms with Crippen LogP contribution < -0.4 is 10.1 Å². The number of sulfonamides is 1. The summed E-state index contributed by atoms with van der Waals surface area (Å²) in [5.41, 5.74) is 0. The van der Waals surface area contributed by atoms with Gasteiger partial charge in [-0.15, -0.1) is 0 Å². The van der Waals surface area contributed by atoms with Crippen LogP contribution >= 0.6 is 11.6 Å². The molecule has 0 saturated carbocycles. The van der Waals surface area contributed by atoms with Gasteiger partial charge >= 0.3 is 0 Å². The van der Waals surface area contributed by atoms with Gasteiger partial charge in [-0.3, -0.25) is 0 Å². The maximum absolute atomic E-state index is 13.1. The van der Waals surface area contributed by atoms with Crippen LogP contribution in [0.4, 0.5) is 0 Å². The molecule has 1 saturated heterocycles. The number of methoxy groups -OCH3 is 1. The molecule has 6 nitrogen and oxygen atoms in total. The molecule has 8 heteroatoms. The Hall–Kier alpha value is -0.860. The smallest absolute Gasteiger partial charge is 0.246 e. The Balaban J connectivity index is 2.25. The lowest BCUT2D eigenvalue weighted by molar-refractivity contribution is 0.144. The van der Waals surface area contributed by atoms with E-state index >= 15 is 0 Å². The van der Waals surface area contributed by atoms with E-state index in [1.165, 1.54) is 10.4 Å². The second-order valence-corrected chi connectivity index (χ2v) is 8.20. The predicted molar refractivity (Wildman–Crippen MR) is 94.2 cm³/mol. The molecular formula is C16H25ClN2O4S. The minimum absolute atomic E-state index is 0.121. The number of rotatable bonds is 8. The quantitative estimate of drug-likeness (QED) is 0.703. The monoisotopic (exact) mass is 376 g/mol. The molecule has 1 N–H and O–H groups in total. The molecule has 1 heterocycles. The Labute approximate surface area is 149 Å². The van der Waals surface area contributed by atoms with Gasteiger partial charge in [0.05, 0.1) is 6.61 Å². The van der Waals surface area contributed by atoms with Crippen molar-refractivity contribution in [2.24, 2.45) is 5.92 Å². The largest absolute Gasteiger partial charge is 0.490 e. The third-order valence-electron chi connectivity index (χ3n) is 4.04. The summed E-state index contributed by atoms with van der Waals surface area (Å²) in [7, 11) is -0.199. The van der Waals surface area contributed by atoms with E-state index in [0.29, 0.717) is 36.4 Å². The van der Waals surface area contributed by atoms with Crippen LogP contribution in [-0.2, 0) is 14.8 Å². The predicted octanol–water partition coefficient (Wildman–Crippen LogP) is 1.99. The van der Waals surface area contributed by atoms with E-state index in [9.17, 15) is 8.42 Å². The highest BCUT2D eigenvalue weighted by atomic mass is 35.5. The van der Waals surface area contributed by atoms with Gasteiger partial charge in [0.2, 0.25) is 10.0 Å². The number of hydrogen-bond donors (Lipinski definition) is 1. The van der Waals surface area contributed by atoms with Crippen molar-refractivity contribution < 1.29 is 17.9 Å². The van der Waals surface area contributed by atoms with Crippen molar-refractivity contribution in [3.05, 3.63) is 23.2 Å². The van der Waals surface area contributed by atoms with Crippen LogP contribution in [0.2, 0.25) is 5.02 Å². The van der Waals surface area contributed by atoms with Gasteiger partial charge in [-0.25, -0.2) is 8.42 Å². The van der Waals surface area contributed by atoms with Gasteiger partial charge in [-0.05, 0) is 50.6 Å². The van der Waals surface area contributed by atoms with Crippen LogP contribution in [0.1, 0.15) is 12.8 Å². The van der Waals surface area contributed by atoms with E-state index in [4.69, 9.17) is 21.1 Å². The molecule has 1 aliphatic heterocycles. The number of hydrogen-bond acceptors (Lipinski definition) is 5. The van der Waals surface area contributed by atoms with Crippen LogP contribution in [0.3, 0.4) is 0 Å². The average Bonchev–Trinajstić information content (AvgIpc) is 2.57. The fourth-order valence-corrected chi connectivity index (χ4v) is 4.83. The SMILES string of the molecule is CNCC1CCCN(S(=O)(=O)c2cc(Cl)ccc2OCCOC)C1. The number of halogens is 1. The summed E-state index contributed by atoms with van der Waals surface area (Å²) in [5, 5.41) is 3.49. The normalized spacial score (nSPS) is 19.4. The minimum Gasteiger partial charge on any atom is -0.490 e. The van der Waals surface area contributed by atoms with Crippen LogP contribution in [-0.4, -0.2) is 59.7 Å². The first-order valence-electron chi connectivity index (χ1n) is 8.05. The minimum atomic E-state index is -3.65. The Morgan fingerprint density at radius 3 is 2.88 bits per heavy atom. The first-order valence-corrected chi connectivity index (χ1v) is 9.87. The molecule has 1 fully saturated rings. The molecule has 1 unspecified atom stereocenters. The van der Waals surface area contributed by atoms with Crippen molar-refractivity contribution in [3.8, 4) is 5.75 Å². The molecule has 136 valence electrons. The standard InChI is InChI=1S/C16H25ClN2O4S/c1-18-11-13-4-3-7-19(12-13)24(20,21)16-10-14(17)5-6-15(16)23-9-8-22-2/h5-6,10,13,18H,3-4,7-9,11-12H2,1-2H3. The first kappa shape index (κ1) is 19.5. The van der Waals surface area contributed by atoms with Crippen molar-refractivity contribution in [1.82, 2.24) is 9.62 Å². The van der Waals surface area contributed by atoms with Gasteiger partial charge < -0.3 is 14.8 Å². The van der Waals surface area contributed by atoms with Crippen molar-refractivity contribution in [3.63, 3.8) is 0 Å².